The molecule has 1 saturated heterocycles. The van der Waals surface area contributed by atoms with Gasteiger partial charge in [-0.15, -0.1) is 0 Å². The lowest BCUT2D eigenvalue weighted by Gasteiger charge is -2.30. The Balaban J connectivity index is 1.15. The summed E-state index contributed by atoms with van der Waals surface area (Å²) in [4.78, 5) is 60.7. The molecule has 2 aromatic carbocycles. The minimum atomic E-state index is -1.34. The highest BCUT2D eigenvalue weighted by molar-refractivity contribution is 7.84. The minimum absolute atomic E-state index is 0.0304. The third-order valence-electron chi connectivity index (χ3n) is 9.91. The first-order valence-corrected chi connectivity index (χ1v) is 19.8. The topological polar surface area (TPSA) is 217 Å². The molecule has 0 aliphatic carbocycles. The molecule has 2 amide bonds. The van der Waals surface area contributed by atoms with Crippen LogP contribution < -0.4 is 4.74 Å². The van der Waals surface area contributed by atoms with E-state index in [0.29, 0.717) is 32.7 Å². The number of aromatic nitrogens is 3. The lowest BCUT2D eigenvalue weighted by molar-refractivity contribution is -0.386. The van der Waals surface area contributed by atoms with Gasteiger partial charge in [0.05, 0.1) is 39.2 Å². The summed E-state index contributed by atoms with van der Waals surface area (Å²) in [6, 6.07) is 12.4. The maximum atomic E-state index is 14.8. The predicted molar refractivity (Wildman–Crippen MR) is 212 cm³/mol. The maximum absolute atomic E-state index is 14.8. The van der Waals surface area contributed by atoms with Crippen molar-refractivity contribution < 1.29 is 52.3 Å². The lowest BCUT2D eigenvalue weighted by atomic mass is 10.0. The van der Waals surface area contributed by atoms with Crippen LogP contribution in [-0.4, -0.2) is 114 Å². The molecular weight excluding hydrogens is 792 g/mol. The summed E-state index contributed by atoms with van der Waals surface area (Å²) >= 11 is 0. The Bertz CT molecular complexity index is 2480. The van der Waals surface area contributed by atoms with Gasteiger partial charge in [-0.2, -0.15) is 0 Å². The number of halogens is 1. The van der Waals surface area contributed by atoms with E-state index in [1.54, 1.807) is 44.6 Å². The number of nitro groups is 1. The highest BCUT2D eigenvalue weighted by atomic mass is 32.2. The second kappa shape index (κ2) is 17.7. The smallest absolute Gasteiger partial charge is 0.409 e. The molecule has 1 aliphatic heterocycles. The Kier molecular flexibility index (Phi) is 12.7. The molecule has 59 heavy (non-hydrogen) atoms. The number of amides is 2. The van der Waals surface area contributed by atoms with Gasteiger partial charge in [0.15, 0.2) is 11.9 Å². The number of carboxylic acids is 1. The van der Waals surface area contributed by atoms with E-state index in [1.807, 2.05) is 19.1 Å². The van der Waals surface area contributed by atoms with Crippen LogP contribution in [-0.2, 0) is 31.7 Å². The zero-order chi connectivity index (χ0) is 42.7. The van der Waals surface area contributed by atoms with Crippen molar-refractivity contribution in [1.82, 2.24) is 24.3 Å². The summed E-state index contributed by atoms with van der Waals surface area (Å²) in [5, 5.41) is 32.3. The maximum Gasteiger partial charge on any atom is 0.409 e. The van der Waals surface area contributed by atoms with E-state index in [-0.39, 0.29) is 43.9 Å². The average molecular weight is 833 g/mol. The van der Waals surface area contributed by atoms with Crippen molar-refractivity contribution in [3.8, 4) is 28.1 Å². The van der Waals surface area contributed by atoms with Crippen LogP contribution >= 0.6 is 0 Å². The molecular formula is C40H41FN6O11S. The number of carboxylic acid groups (broad SMARTS) is 1. The molecule has 4 atom stereocenters. The number of fused-ring (bicyclic) bond motifs is 1. The SMILES string of the molecule is Cc1cc(S(C)=O)ncc1-c1ccc2c(c1)cc(-c1cncc(F)c1C)n2C(=O)N(C)CCN(C)C(=O)OCc1ccc(OC2CC(O)CC(C(=O)O)O2)c([N+](=O)[O-])c1. The highest BCUT2D eigenvalue weighted by Gasteiger charge is 2.35. The Hall–Kier alpha value is -6.31. The summed E-state index contributed by atoms with van der Waals surface area (Å²) in [6.07, 6.45) is 1.15. The second-order valence-electron chi connectivity index (χ2n) is 14.1. The molecule has 19 heteroatoms. The number of carbonyl (C=O) groups is 3. The molecule has 1 fully saturated rings. The van der Waals surface area contributed by atoms with Crippen LogP contribution in [0.4, 0.5) is 19.7 Å². The molecule has 5 aromatic rings. The number of aliphatic carboxylic acids is 1. The largest absolute Gasteiger partial charge is 0.479 e. The van der Waals surface area contributed by atoms with Crippen molar-refractivity contribution >= 4 is 45.5 Å². The van der Waals surface area contributed by atoms with E-state index in [0.717, 1.165) is 29.0 Å². The van der Waals surface area contributed by atoms with E-state index < -0.39 is 63.8 Å². The fourth-order valence-corrected chi connectivity index (χ4v) is 7.12. The predicted octanol–water partition coefficient (Wildman–Crippen LogP) is 5.66. The average Bonchev–Trinajstić information content (AvgIpc) is 3.58. The van der Waals surface area contributed by atoms with Crippen LogP contribution in [0.2, 0.25) is 0 Å². The molecule has 4 heterocycles. The zero-order valence-electron chi connectivity index (χ0n) is 32.7. The number of nitrogens with zero attached hydrogens (tertiary/aromatic N) is 6. The number of benzene rings is 2. The number of hydrogen-bond donors (Lipinski definition) is 2. The van der Waals surface area contributed by atoms with Crippen molar-refractivity contribution in [3.63, 3.8) is 0 Å². The van der Waals surface area contributed by atoms with Crippen LogP contribution in [0.1, 0.15) is 29.5 Å². The summed E-state index contributed by atoms with van der Waals surface area (Å²) < 4.78 is 44.5. The molecule has 1 aliphatic rings. The number of carbonyl (C=O) groups excluding carboxylic acids is 2. The van der Waals surface area contributed by atoms with Crippen LogP contribution in [0, 0.1) is 29.8 Å². The fourth-order valence-electron chi connectivity index (χ4n) is 6.58. The third kappa shape index (κ3) is 9.37. The van der Waals surface area contributed by atoms with Crippen molar-refractivity contribution in [1.29, 1.82) is 0 Å². The lowest BCUT2D eigenvalue weighted by Crippen LogP contribution is -2.42. The zero-order valence-corrected chi connectivity index (χ0v) is 33.5. The Labute approximate surface area is 339 Å². The molecule has 310 valence electrons. The van der Waals surface area contributed by atoms with Crippen molar-refractivity contribution in [2.24, 2.45) is 0 Å². The fraction of sp³-hybridized carbons (Fsp3) is 0.325. The van der Waals surface area contributed by atoms with Gasteiger partial charge in [0.1, 0.15) is 17.5 Å². The van der Waals surface area contributed by atoms with E-state index in [9.17, 15) is 43.3 Å². The molecule has 0 bridgehead atoms. The van der Waals surface area contributed by atoms with Crippen molar-refractivity contribution in [2.75, 3.05) is 33.4 Å². The minimum Gasteiger partial charge on any atom is -0.479 e. The molecule has 0 spiro atoms. The molecule has 2 N–H and O–H groups in total. The van der Waals surface area contributed by atoms with Gasteiger partial charge in [0.2, 0.25) is 6.29 Å². The van der Waals surface area contributed by atoms with E-state index >= 15 is 0 Å². The van der Waals surface area contributed by atoms with Gasteiger partial charge >= 0.3 is 23.8 Å². The van der Waals surface area contributed by atoms with Crippen LogP contribution in [0.3, 0.4) is 0 Å². The van der Waals surface area contributed by atoms with Crippen LogP contribution in [0.5, 0.6) is 5.75 Å². The number of ether oxygens (including phenoxy) is 3. The van der Waals surface area contributed by atoms with E-state index in [4.69, 9.17) is 14.2 Å². The second-order valence-corrected chi connectivity index (χ2v) is 15.4. The standard InChI is InChI=1S/C40H41FN6O11S/c1-22-12-36(59(5)55)43-19-28(22)25-7-8-31-26(14-25)15-32(29-18-42-20-30(41)23(29)2)46(31)39(51)44(3)10-11-45(4)40(52)56-21-24-6-9-34(33(13-24)47(53)54)57-37-17-27(48)16-35(58-37)38(49)50/h6-9,12-15,18-20,27,35,37,48H,10-11,16-17,21H2,1-5H3,(H,49,50). The molecule has 0 saturated carbocycles. The van der Waals surface area contributed by atoms with Gasteiger partial charge in [-0.3, -0.25) is 23.9 Å². The van der Waals surface area contributed by atoms with Crippen LogP contribution in [0.25, 0.3) is 33.3 Å². The summed E-state index contributed by atoms with van der Waals surface area (Å²) in [6.45, 7) is 3.22. The quantitative estimate of drug-likeness (QED) is 0.115. The van der Waals surface area contributed by atoms with Crippen molar-refractivity contribution in [3.05, 3.63) is 99.7 Å². The number of aliphatic hydroxyl groups is 1. The first-order chi connectivity index (χ1) is 28.0. The van der Waals surface area contributed by atoms with Gasteiger partial charge in [-0.25, -0.2) is 23.8 Å². The number of aliphatic hydroxyl groups excluding tert-OH is 1. The molecule has 3 aromatic heterocycles. The van der Waals surface area contributed by atoms with Crippen molar-refractivity contribution in [2.45, 2.75) is 56.8 Å². The summed E-state index contributed by atoms with van der Waals surface area (Å²) in [5.41, 5.74) is 3.88. The van der Waals surface area contributed by atoms with Crippen LogP contribution in [0.15, 0.2) is 72.1 Å². The number of aryl methyl sites for hydroxylation is 1. The summed E-state index contributed by atoms with van der Waals surface area (Å²) in [7, 11) is 1.77. The number of likely N-dealkylation sites (N-methyl/N-ethyl adjacent to an activating group) is 2. The highest BCUT2D eigenvalue weighted by Crippen LogP contribution is 2.35. The monoisotopic (exact) mass is 832 g/mol. The number of rotatable bonds is 12. The molecule has 0 radical (unpaired) electrons. The summed E-state index contributed by atoms with van der Waals surface area (Å²) in [5.74, 6) is -2.07. The number of nitro benzene ring substituents is 1. The first-order valence-electron chi connectivity index (χ1n) is 18.2. The normalized spacial score (nSPS) is 17.0. The van der Waals surface area contributed by atoms with E-state index in [2.05, 4.69) is 9.97 Å². The Morgan fingerprint density at radius 1 is 1.03 bits per heavy atom. The van der Waals surface area contributed by atoms with Gasteiger partial charge in [0, 0.05) is 81.3 Å². The molecule has 6 rings (SSSR count). The van der Waals surface area contributed by atoms with Gasteiger partial charge < -0.3 is 34.2 Å². The number of pyridine rings is 2. The van der Waals surface area contributed by atoms with Gasteiger partial charge in [-0.1, -0.05) is 12.1 Å². The first kappa shape index (κ1) is 42.3. The van der Waals surface area contributed by atoms with Gasteiger partial charge in [0.25, 0.3) is 0 Å². The Morgan fingerprint density at radius 2 is 1.78 bits per heavy atom. The number of hydrogen-bond acceptors (Lipinski definition) is 12. The molecule has 17 nitrogen and oxygen atoms in total. The molecule has 4 unspecified atom stereocenters. The van der Waals surface area contributed by atoms with E-state index in [1.165, 1.54) is 39.7 Å². The van der Waals surface area contributed by atoms with Gasteiger partial charge in [-0.05, 0) is 66.4 Å². The Morgan fingerprint density at radius 3 is 2.47 bits per heavy atom. The third-order valence-corrected chi connectivity index (χ3v) is 10.7.